The normalized spacial score (nSPS) is 12.3. The second-order valence-corrected chi connectivity index (χ2v) is 5.40. The molecule has 0 aliphatic rings. The lowest BCUT2D eigenvalue weighted by Crippen LogP contribution is -2.11. The number of hydrogen-bond acceptors (Lipinski definition) is 1. The van der Waals surface area contributed by atoms with Crippen LogP contribution in [0.1, 0.15) is 26.5 Å². The van der Waals surface area contributed by atoms with Crippen molar-refractivity contribution in [1.29, 1.82) is 0 Å². The maximum atomic E-state index is 4.57. The van der Waals surface area contributed by atoms with Gasteiger partial charge in [0.2, 0.25) is 0 Å². The van der Waals surface area contributed by atoms with Gasteiger partial charge in [-0.2, -0.15) is 0 Å². The first-order chi connectivity index (χ1) is 6.47. The molecule has 2 aromatic heterocycles. The molecule has 2 rings (SSSR count). The van der Waals surface area contributed by atoms with Crippen LogP contribution >= 0.6 is 15.9 Å². The molecule has 2 heterocycles. The molecular formula is C11H13BrN2. The van der Waals surface area contributed by atoms with E-state index in [4.69, 9.17) is 0 Å². The predicted octanol–water partition coefficient (Wildman–Crippen LogP) is 3.39. The molecule has 0 unspecified atom stereocenters. The van der Waals surface area contributed by atoms with E-state index >= 15 is 0 Å². The summed E-state index contributed by atoms with van der Waals surface area (Å²) in [6.07, 6.45) is 4.11. The molecule has 0 bridgehead atoms. The summed E-state index contributed by atoms with van der Waals surface area (Å²) in [7, 11) is 0. The molecule has 0 saturated heterocycles. The molecular weight excluding hydrogens is 240 g/mol. The third kappa shape index (κ3) is 1.69. The fourth-order valence-corrected chi connectivity index (χ4v) is 1.68. The Labute approximate surface area is 92.1 Å². The van der Waals surface area contributed by atoms with Crippen molar-refractivity contribution in [3.8, 4) is 0 Å². The van der Waals surface area contributed by atoms with Gasteiger partial charge in [-0.1, -0.05) is 20.8 Å². The molecule has 0 aliphatic heterocycles. The van der Waals surface area contributed by atoms with E-state index in [-0.39, 0.29) is 5.41 Å². The lowest BCUT2D eigenvalue weighted by Gasteiger charge is -2.13. The monoisotopic (exact) mass is 252 g/mol. The summed E-state index contributed by atoms with van der Waals surface area (Å²) in [5.74, 6) is 0. The Balaban J connectivity index is 2.63. The number of pyridine rings is 1. The zero-order valence-corrected chi connectivity index (χ0v) is 10.2. The van der Waals surface area contributed by atoms with E-state index in [9.17, 15) is 0 Å². The van der Waals surface area contributed by atoms with Crippen LogP contribution in [-0.2, 0) is 5.41 Å². The van der Waals surface area contributed by atoms with Gasteiger partial charge in [-0.3, -0.25) is 0 Å². The minimum absolute atomic E-state index is 0.110. The van der Waals surface area contributed by atoms with Crippen LogP contribution in [-0.4, -0.2) is 9.38 Å². The second kappa shape index (κ2) is 3.09. The van der Waals surface area contributed by atoms with Gasteiger partial charge in [-0.15, -0.1) is 0 Å². The Kier molecular flexibility index (Phi) is 2.14. The van der Waals surface area contributed by atoms with Crippen molar-refractivity contribution in [2.24, 2.45) is 0 Å². The first-order valence-electron chi connectivity index (χ1n) is 4.61. The molecule has 3 heteroatoms. The highest BCUT2D eigenvalue weighted by atomic mass is 79.9. The molecule has 14 heavy (non-hydrogen) atoms. The average molecular weight is 253 g/mol. The lowest BCUT2D eigenvalue weighted by molar-refractivity contribution is 0.573. The van der Waals surface area contributed by atoms with Crippen molar-refractivity contribution in [2.45, 2.75) is 26.2 Å². The molecule has 0 atom stereocenters. The van der Waals surface area contributed by atoms with E-state index in [2.05, 4.69) is 47.9 Å². The number of fused-ring (bicyclic) bond motifs is 1. The molecule has 74 valence electrons. The first-order valence-corrected chi connectivity index (χ1v) is 5.41. The summed E-state index contributed by atoms with van der Waals surface area (Å²) in [5, 5.41) is 0. The molecule has 0 spiro atoms. The Morgan fingerprint density at radius 3 is 2.57 bits per heavy atom. The van der Waals surface area contributed by atoms with Crippen LogP contribution in [0.4, 0.5) is 0 Å². The Morgan fingerprint density at radius 1 is 1.21 bits per heavy atom. The van der Waals surface area contributed by atoms with Gasteiger partial charge in [0.1, 0.15) is 5.65 Å². The SMILES string of the molecule is CC(C)(C)c1cn2cc(Br)ccc2n1. The number of hydrogen-bond donors (Lipinski definition) is 0. The van der Waals surface area contributed by atoms with Crippen molar-refractivity contribution >= 4 is 21.6 Å². The van der Waals surface area contributed by atoms with Crippen LogP contribution in [0.2, 0.25) is 0 Å². The molecule has 0 amide bonds. The van der Waals surface area contributed by atoms with Gasteiger partial charge < -0.3 is 4.40 Å². The predicted molar refractivity (Wildman–Crippen MR) is 61.6 cm³/mol. The summed E-state index contributed by atoms with van der Waals surface area (Å²) in [5.41, 5.74) is 2.23. The third-order valence-corrected chi connectivity index (χ3v) is 2.65. The molecule has 0 radical (unpaired) electrons. The number of imidazole rings is 1. The molecule has 0 aromatic carbocycles. The fraction of sp³-hybridized carbons (Fsp3) is 0.364. The molecule has 0 N–H and O–H groups in total. The fourth-order valence-electron chi connectivity index (χ4n) is 1.33. The summed E-state index contributed by atoms with van der Waals surface area (Å²) < 4.78 is 3.12. The van der Waals surface area contributed by atoms with Gasteiger partial charge in [-0.25, -0.2) is 4.98 Å². The highest BCUT2D eigenvalue weighted by Crippen LogP contribution is 2.22. The third-order valence-electron chi connectivity index (χ3n) is 2.18. The highest BCUT2D eigenvalue weighted by Gasteiger charge is 2.17. The standard InChI is InChI=1S/C11H13BrN2/c1-11(2,3)9-7-14-6-8(12)4-5-10(14)13-9/h4-7H,1-3H3. The zero-order chi connectivity index (χ0) is 10.3. The van der Waals surface area contributed by atoms with Gasteiger partial charge in [-0.05, 0) is 28.1 Å². The molecule has 2 nitrogen and oxygen atoms in total. The van der Waals surface area contributed by atoms with Gasteiger partial charge in [0, 0.05) is 22.3 Å². The van der Waals surface area contributed by atoms with E-state index in [1.165, 1.54) is 0 Å². The maximum Gasteiger partial charge on any atom is 0.137 e. The Morgan fingerprint density at radius 2 is 1.93 bits per heavy atom. The van der Waals surface area contributed by atoms with Gasteiger partial charge in [0.05, 0.1) is 5.69 Å². The van der Waals surface area contributed by atoms with E-state index in [1.54, 1.807) is 0 Å². The quantitative estimate of drug-likeness (QED) is 0.703. The average Bonchev–Trinajstić information content (AvgIpc) is 2.45. The Hall–Kier alpha value is -0.830. The largest absolute Gasteiger partial charge is 0.306 e. The smallest absolute Gasteiger partial charge is 0.137 e. The number of nitrogens with zero attached hydrogens (tertiary/aromatic N) is 2. The maximum absolute atomic E-state index is 4.57. The van der Waals surface area contributed by atoms with Gasteiger partial charge in [0.25, 0.3) is 0 Å². The van der Waals surface area contributed by atoms with Gasteiger partial charge >= 0.3 is 0 Å². The van der Waals surface area contributed by atoms with Crippen molar-refractivity contribution in [3.05, 3.63) is 34.7 Å². The number of halogens is 1. The van der Waals surface area contributed by atoms with E-state index in [0.29, 0.717) is 0 Å². The van der Waals surface area contributed by atoms with E-state index in [1.807, 2.05) is 22.7 Å². The van der Waals surface area contributed by atoms with Crippen LogP contribution in [0.5, 0.6) is 0 Å². The molecule has 0 aliphatic carbocycles. The van der Waals surface area contributed by atoms with Crippen LogP contribution < -0.4 is 0 Å². The topological polar surface area (TPSA) is 17.3 Å². The second-order valence-electron chi connectivity index (χ2n) is 4.49. The highest BCUT2D eigenvalue weighted by molar-refractivity contribution is 9.10. The molecule has 0 saturated carbocycles. The zero-order valence-electron chi connectivity index (χ0n) is 8.58. The summed E-state index contributed by atoms with van der Waals surface area (Å²) in [4.78, 5) is 4.57. The minimum Gasteiger partial charge on any atom is -0.306 e. The van der Waals surface area contributed by atoms with Crippen LogP contribution in [0.15, 0.2) is 29.0 Å². The molecule has 2 aromatic rings. The first kappa shape index (κ1) is 9.71. The minimum atomic E-state index is 0.110. The van der Waals surface area contributed by atoms with Gasteiger partial charge in [0.15, 0.2) is 0 Å². The van der Waals surface area contributed by atoms with Crippen molar-refractivity contribution in [1.82, 2.24) is 9.38 Å². The lowest BCUT2D eigenvalue weighted by atomic mass is 9.93. The summed E-state index contributed by atoms with van der Waals surface area (Å²) >= 11 is 3.44. The van der Waals surface area contributed by atoms with Crippen LogP contribution in [0, 0.1) is 0 Å². The number of rotatable bonds is 0. The number of aromatic nitrogens is 2. The van der Waals surface area contributed by atoms with Crippen molar-refractivity contribution in [2.75, 3.05) is 0 Å². The summed E-state index contributed by atoms with van der Waals surface area (Å²) in [6, 6.07) is 4.02. The van der Waals surface area contributed by atoms with E-state index < -0.39 is 0 Å². The molecule has 0 fully saturated rings. The summed E-state index contributed by atoms with van der Waals surface area (Å²) in [6.45, 7) is 6.51. The van der Waals surface area contributed by atoms with E-state index in [0.717, 1.165) is 15.8 Å². The van der Waals surface area contributed by atoms with Crippen molar-refractivity contribution in [3.63, 3.8) is 0 Å². The van der Waals surface area contributed by atoms with Crippen LogP contribution in [0.3, 0.4) is 0 Å². The van der Waals surface area contributed by atoms with Crippen LogP contribution in [0.25, 0.3) is 5.65 Å². The van der Waals surface area contributed by atoms with Crippen molar-refractivity contribution < 1.29 is 0 Å². The Bertz CT molecular complexity index is 466.